The second-order valence-corrected chi connectivity index (χ2v) is 11.6. The Morgan fingerprint density at radius 3 is 1.94 bits per heavy atom. The van der Waals surface area contributed by atoms with E-state index in [1.54, 1.807) is 0 Å². The summed E-state index contributed by atoms with van der Waals surface area (Å²) in [7, 11) is 0. The molecule has 0 heterocycles. The Morgan fingerprint density at radius 1 is 0.743 bits per heavy atom. The molecule has 0 spiro atoms. The topological polar surface area (TPSA) is 52.6 Å². The molecule has 5 rings (SSSR count). The van der Waals surface area contributed by atoms with Crippen LogP contribution in [0.2, 0.25) is 0 Å². The number of hydrogen-bond donors (Lipinski definition) is 0. The highest BCUT2D eigenvalue weighted by molar-refractivity contribution is 5.89. The summed E-state index contributed by atoms with van der Waals surface area (Å²) < 4.78 is 12.0. The third kappa shape index (κ3) is 4.30. The Bertz CT molecular complexity index is 1050. The van der Waals surface area contributed by atoms with Gasteiger partial charge in [0.1, 0.15) is 12.2 Å². The second kappa shape index (κ2) is 9.44. The second-order valence-electron chi connectivity index (χ2n) is 11.6. The Hall–Kier alpha value is -2.62. The molecule has 3 aliphatic rings. The molecule has 2 aromatic carbocycles. The Morgan fingerprint density at radius 2 is 1.31 bits per heavy atom. The number of benzene rings is 2. The average molecular weight is 475 g/mol. The minimum Gasteiger partial charge on any atom is -0.459 e. The maximum Gasteiger partial charge on any atom is 0.338 e. The summed E-state index contributed by atoms with van der Waals surface area (Å²) in [6.45, 7) is 7.27. The zero-order valence-electron chi connectivity index (χ0n) is 21.2. The van der Waals surface area contributed by atoms with Crippen LogP contribution in [-0.2, 0) is 9.47 Å². The minimum atomic E-state index is -0.202. The standard InChI is InChI=1S/C31H38O4/c1-21-26-15-14-24-20-25(34-28(32)22-10-6-4-7-11-22)16-18-30(24,2)31(26,3)19-17-27(21)35-29(33)23-12-8-5-9-13-23/h4-13,21,24-27H,14-20H2,1-3H3/t21-,24+,25+,26+,27+,30+,31+/m0/s1. The molecule has 3 aliphatic carbocycles. The molecule has 0 N–H and O–H groups in total. The van der Waals surface area contributed by atoms with Crippen molar-refractivity contribution in [1.82, 2.24) is 0 Å². The first-order valence-corrected chi connectivity index (χ1v) is 13.3. The minimum absolute atomic E-state index is 0.00141. The van der Waals surface area contributed by atoms with Crippen LogP contribution in [0.5, 0.6) is 0 Å². The number of rotatable bonds is 4. The molecular formula is C31H38O4. The van der Waals surface area contributed by atoms with Crippen LogP contribution >= 0.6 is 0 Å². The van der Waals surface area contributed by atoms with E-state index in [0.29, 0.717) is 28.9 Å². The zero-order valence-corrected chi connectivity index (χ0v) is 21.2. The molecule has 0 unspecified atom stereocenters. The fourth-order valence-corrected chi connectivity index (χ4v) is 7.80. The quantitative estimate of drug-likeness (QED) is 0.444. The zero-order chi connectivity index (χ0) is 24.6. The Labute approximate surface area is 209 Å². The summed E-state index contributed by atoms with van der Waals surface area (Å²) in [5.74, 6) is 1.03. The van der Waals surface area contributed by atoms with Crippen LogP contribution in [0.25, 0.3) is 0 Å². The molecule has 4 nitrogen and oxygen atoms in total. The fourth-order valence-electron chi connectivity index (χ4n) is 7.80. The van der Waals surface area contributed by atoms with E-state index in [4.69, 9.17) is 9.47 Å². The van der Waals surface area contributed by atoms with Crippen molar-refractivity contribution in [3.05, 3.63) is 71.8 Å². The predicted octanol–water partition coefficient (Wildman–Crippen LogP) is 7.09. The molecule has 35 heavy (non-hydrogen) atoms. The van der Waals surface area contributed by atoms with Gasteiger partial charge in [0.05, 0.1) is 11.1 Å². The monoisotopic (exact) mass is 474 g/mol. The van der Waals surface area contributed by atoms with E-state index in [1.807, 2.05) is 60.7 Å². The van der Waals surface area contributed by atoms with Crippen LogP contribution in [0.4, 0.5) is 0 Å². The lowest BCUT2D eigenvalue weighted by molar-refractivity contribution is -0.178. The molecular weight excluding hydrogens is 436 g/mol. The largest absolute Gasteiger partial charge is 0.459 e. The fraction of sp³-hybridized carbons (Fsp3) is 0.548. The molecule has 0 bridgehead atoms. The van der Waals surface area contributed by atoms with Crippen molar-refractivity contribution in [2.45, 2.75) is 77.9 Å². The number of fused-ring (bicyclic) bond motifs is 3. The van der Waals surface area contributed by atoms with E-state index in [2.05, 4.69) is 20.8 Å². The number of hydrogen-bond acceptors (Lipinski definition) is 4. The first-order chi connectivity index (χ1) is 16.8. The molecule has 0 aliphatic heterocycles. The lowest BCUT2D eigenvalue weighted by Gasteiger charge is -2.65. The van der Waals surface area contributed by atoms with Gasteiger partial charge in [-0.15, -0.1) is 0 Å². The van der Waals surface area contributed by atoms with Crippen molar-refractivity contribution in [3.63, 3.8) is 0 Å². The molecule has 3 saturated carbocycles. The molecule has 0 amide bonds. The summed E-state index contributed by atoms with van der Waals surface area (Å²) in [6.07, 6.45) is 7.24. The first kappa shape index (κ1) is 24.1. The maximum absolute atomic E-state index is 12.8. The van der Waals surface area contributed by atoms with Gasteiger partial charge < -0.3 is 9.47 Å². The molecule has 0 saturated heterocycles. The summed E-state index contributed by atoms with van der Waals surface area (Å²) in [4.78, 5) is 25.4. The highest BCUT2D eigenvalue weighted by atomic mass is 16.5. The predicted molar refractivity (Wildman–Crippen MR) is 136 cm³/mol. The van der Waals surface area contributed by atoms with E-state index in [-0.39, 0.29) is 35.0 Å². The molecule has 4 heteroatoms. The van der Waals surface area contributed by atoms with Gasteiger partial charge in [-0.1, -0.05) is 57.2 Å². The Kier molecular flexibility index (Phi) is 6.50. The third-order valence-corrected chi connectivity index (χ3v) is 10.1. The van der Waals surface area contributed by atoms with Gasteiger partial charge in [-0.3, -0.25) is 0 Å². The number of carbonyl (C=O) groups is 2. The van der Waals surface area contributed by atoms with E-state index in [0.717, 1.165) is 44.9 Å². The normalized spacial score (nSPS) is 36.4. The van der Waals surface area contributed by atoms with Crippen molar-refractivity contribution >= 4 is 11.9 Å². The van der Waals surface area contributed by atoms with Gasteiger partial charge in [-0.05, 0) is 97.8 Å². The van der Waals surface area contributed by atoms with E-state index in [1.165, 1.54) is 0 Å². The summed E-state index contributed by atoms with van der Waals surface area (Å²) in [5.41, 5.74) is 1.69. The highest BCUT2D eigenvalue weighted by Gasteiger charge is 2.61. The van der Waals surface area contributed by atoms with Gasteiger partial charge in [0.25, 0.3) is 0 Å². The van der Waals surface area contributed by atoms with Crippen molar-refractivity contribution in [2.75, 3.05) is 0 Å². The highest BCUT2D eigenvalue weighted by Crippen LogP contribution is 2.67. The number of carbonyl (C=O) groups excluding carboxylic acids is 2. The van der Waals surface area contributed by atoms with E-state index >= 15 is 0 Å². The molecule has 0 radical (unpaired) electrons. The van der Waals surface area contributed by atoms with Gasteiger partial charge in [0.2, 0.25) is 0 Å². The van der Waals surface area contributed by atoms with Gasteiger partial charge in [-0.2, -0.15) is 0 Å². The van der Waals surface area contributed by atoms with E-state index < -0.39 is 0 Å². The van der Waals surface area contributed by atoms with Crippen molar-refractivity contribution < 1.29 is 19.1 Å². The molecule has 3 fully saturated rings. The van der Waals surface area contributed by atoms with Gasteiger partial charge in [-0.25, -0.2) is 9.59 Å². The lowest BCUT2D eigenvalue weighted by Crippen LogP contribution is -2.59. The van der Waals surface area contributed by atoms with Crippen molar-refractivity contribution in [2.24, 2.45) is 28.6 Å². The van der Waals surface area contributed by atoms with Gasteiger partial charge in [0.15, 0.2) is 0 Å². The SMILES string of the molecule is C[C@H]1[C@H]2CC[C@@H]3C[C@H](OC(=O)c4ccccc4)CC[C@@]3(C)[C@]2(C)CC[C@H]1OC(=O)c1ccccc1. The van der Waals surface area contributed by atoms with Crippen LogP contribution in [0.15, 0.2) is 60.7 Å². The van der Waals surface area contributed by atoms with Gasteiger partial charge >= 0.3 is 11.9 Å². The van der Waals surface area contributed by atoms with Crippen LogP contribution in [0.3, 0.4) is 0 Å². The van der Waals surface area contributed by atoms with Crippen molar-refractivity contribution in [1.29, 1.82) is 0 Å². The number of esters is 2. The summed E-state index contributed by atoms with van der Waals surface area (Å²) in [6, 6.07) is 18.7. The average Bonchev–Trinajstić information content (AvgIpc) is 2.88. The van der Waals surface area contributed by atoms with Crippen LogP contribution < -0.4 is 0 Å². The molecule has 0 aromatic heterocycles. The first-order valence-electron chi connectivity index (χ1n) is 13.3. The van der Waals surface area contributed by atoms with Crippen molar-refractivity contribution in [3.8, 4) is 0 Å². The van der Waals surface area contributed by atoms with Gasteiger partial charge in [0, 0.05) is 0 Å². The van der Waals surface area contributed by atoms with E-state index in [9.17, 15) is 9.59 Å². The van der Waals surface area contributed by atoms with Crippen LogP contribution in [0, 0.1) is 28.6 Å². The summed E-state index contributed by atoms with van der Waals surface area (Å²) in [5, 5.41) is 0. The smallest absolute Gasteiger partial charge is 0.338 e. The van der Waals surface area contributed by atoms with Crippen LogP contribution in [0.1, 0.15) is 86.4 Å². The molecule has 186 valence electrons. The summed E-state index contributed by atoms with van der Waals surface area (Å²) >= 11 is 0. The maximum atomic E-state index is 12.8. The third-order valence-electron chi connectivity index (χ3n) is 10.1. The molecule has 7 atom stereocenters. The Balaban J connectivity index is 1.25. The van der Waals surface area contributed by atoms with Crippen LogP contribution in [-0.4, -0.2) is 24.1 Å². The molecule has 2 aromatic rings. The lowest BCUT2D eigenvalue weighted by atomic mass is 9.41. The number of ether oxygens (including phenoxy) is 2.